The summed E-state index contributed by atoms with van der Waals surface area (Å²) in [6.45, 7) is 5.59. The van der Waals surface area contributed by atoms with E-state index in [9.17, 15) is 9.59 Å². The van der Waals surface area contributed by atoms with E-state index in [0.717, 1.165) is 5.56 Å². The maximum atomic E-state index is 11.6. The number of aliphatic hydroxyl groups excluding tert-OH is 1. The van der Waals surface area contributed by atoms with Crippen molar-refractivity contribution < 1.29 is 19.8 Å². The smallest absolute Gasteiger partial charge is 0.328 e. The molecule has 0 aliphatic heterocycles. The summed E-state index contributed by atoms with van der Waals surface area (Å²) in [5, 5.41) is 22.2. The lowest BCUT2D eigenvalue weighted by Gasteiger charge is -2.19. The van der Waals surface area contributed by atoms with Gasteiger partial charge in [0.25, 0.3) is 0 Å². The summed E-state index contributed by atoms with van der Waals surface area (Å²) >= 11 is 0. The van der Waals surface area contributed by atoms with Crippen LogP contribution in [0.2, 0.25) is 0 Å². The van der Waals surface area contributed by atoms with Gasteiger partial charge in [-0.15, -0.1) is 0 Å². The monoisotopic (exact) mass is 280 g/mol. The molecule has 2 amide bonds. The van der Waals surface area contributed by atoms with E-state index in [-0.39, 0.29) is 5.41 Å². The molecular formula is C14H20N2O4. The molecule has 0 aliphatic rings. The third-order valence-electron chi connectivity index (χ3n) is 2.79. The minimum Gasteiger partial charge on any atom is -0.480 e. The minimum absolute atomic E-state index is 0.0199. The molecule has 1 unspecified atom stereocenters. The zero-order valence-corrected chi connectivity index (χ0v) is 11.8. The van der Waals surface area contributed by atoms with Crippen molar-refractivity contribution in [3.63, 3.8) is 0 Å². The standard InChI is InChI=1S/C14H20N2O4/c1-14(2,3)9-4-6-10(7-5-9)15-13(20)16-11(8-17)12(18)19/h4-7,11,17H,8H2,1-3H3,(H,18,19)(H2,15,16,20). The van der Waals surface area contributed by atoms with Crippen LogP contribution in [0, 0.1) is 0 Å². The first-order valence-electron chi connectivity index (χ1n) is 6.26. The van der Waals surface area contributed by atoms with E-state index in [0.29, 0.717) is 5.69 Å². The summed E-state index contributed by atoms with van der Waals surface area (Å²) in [6, 6.07) is 5.30. The van der Waals surface area contributed by atoms with Gasteiger partial charge in [0.05, 0.1) is 6.61 Å². The molecule has 0 radical (unpaired) electrons. The molecule has 1 aromatic rings. The lowest BCUT2D eigenvalue weighted by atomic mass is 9.87. The second-order valence-corrected chi connectivity index (χ2v) is 5.50. The Morgan fingerprint density at radius 1 is 1.20 bits per heavy atom. The van der Waals surface area contributed by atoms with Crippen LogP contribution in [0.5, 0.6) is 0 Å². The van der Waals surface area contributed by atoms with Gasteiger partial charge in [0.2, 0.25) is 0 Å². The van der Waals surface area contributed by atoms with Gasteiger partial charge >= 0.3 is 12.0 Å². The number of carbonyl (C=O) groups is 2. The first kappa shape index (κ1) is 16.0. The fourth-order valence-corrected chi connectivity index (χ4v) is 1.56. The van der Waals surface area contributed by atoms with Crippen LogP contribution in [0.25, 0.3) is 0 Å². The molecule has 0 aliphatic carbocycles. The van der Waals surface area contributed by atoms with Gasteiger partial charge in [0, 0.05) is 5.69 Å². The zero-order chi connectivity index (χ0) is 15.3. The molecule has 0 fully saturated rings. The maximum Gasteiger partial charge on any atom is 0.328 e. The molecule has 20 heavy (non-hydrogen) atoms. The SMILES string of the molecule is CC(C)(C)c1ccc(NC(=O)NC(CO)C(=O)O)cc1. The second-order valence-electron chi connectivity index (χ2n) is 5.50. The summed E-state index contributed by atoms with van der Waals surface area (Å²) in [5.74, 6) is -1.29. The van der Waals surface area contributed by atoms with Crippen LogP contribution in [-0.2, 0) is 10.2 Å². The predicted octanol–water partition coefficient (Wildman–Crippen LogP) is 1.55. The number of aliphatic hydroxyl groups is 1. The molecule has 0 saturated carbocycles. The fourth-order valence-electron chi connectivity index (χ4n) is 1.56. The van der Waals surface area contributed by atoms with Crippen molar-refractivity contribution in [3.8, 4) is 0 Å². The van der Waals surface area contributed by atoms with Crippen LogP contribution in [0.15, 0.2) is 24.3 Å². The maximum absolute atomic E-state index is 11.6. The molecule has 0 heterocycles. The number of hydrogen-bond acceptors (Lipinski definition) is 3. The normalized spacial score (nSPS) is 12.6. The van der Waals surface area contributed by atoms with Crippen LogP contribution >= 0.6 is 0 Å². The van der Waals surface area contributed by atoms with Gasteiger partial charge < -0.3 is 20.8 Å². The van der Waals surface area contributed by atoms with Crippen molar-refractivity contribution in [2.24, 2.45) is 0 Å². The average Bonchev–Trinajstić information content (AvgIpc) is 2.35. The van der Waals surface area contributed by atoms with Gasteiger partial charge in [-0.3, -0.25) is 0 Å². The van der Waals surface area contributed by atoms with Crippen molar-refractivity contribution in [1.82, 2.24) is 5.32 Å². The number of aliphatic carboxylic acids is 1. The molecule has 6 heteroatoms. The molecular weight excluding hydrogens is 260 g/mol. The highest BCUT2D eigenvalue weighted by Crippen LogP contribution is 2.23. The van der Waals surface area contributed by atoms with Crippen molar-refractivity contribution >= 4 is 17.7 Å². The van der Waals surface area contributed by atoms with Crippen molar-refractivity contribution in [1.29, 1.82) is 0 Å². The molecule has 4 N–H and O–H groups in total. The summed E-state index contributed by atoms with van der Waals surface area (Å²) in [7, 11) is 0. The number of carbonyl (C=O) groups excluding carboxylic acids is 1. The molecule has 1 atom stereocenters. The first-order chi connectivity index (χ1) is 9.24. The van der Waals surface area contributed by atoms with E-state index in [1.807, 2.05) is 12.1 Å². The average molecular weight is 280 g/mol. The highest BCUT2D eigenvalue weighted by atomic mass is 16.4. The molecule has 1 aromatic carbocycles. The second kappa shape index (κ2) is 6.38. The summed E-state index contributed by atoms with van der Waals surface area (Å²) in [4.78, 5) is 22.2. The van der Waals surface area contributed by atoms with Crippen LogP contribution in [0.3, 0.4) is 0 Å². The van der Waals surface area contributed by atoms with Crippen molar-refractivity contribution in [2.45, 2.75) is 32.2 Å². The van der Waals surface area contributed by atoms with Crippen molar-refractivity contribution in [3.05, 3.63) is 29.8 Å². The van der Waals surface area contributed by atoms with Crippen LogP contribution in [-0.4, -0.2) is 34.9 Å². The Balaban J connectivity index is 2.65. The van der Waals surface area contributed by atoms with E-state index in [1.54, 1.807) is 12.1 Å². The zero-order valence-electron chi connectivity index (χ0n) is 11.8. The Kier molecular flexibility index (Phi) is 5.10. The number of rotatable bonds is 4. The molecule has 0 bridgehead atoms. The topological polar surface area (TPSA) is 98.7 Å². The Morgan fingerprint density at radius 2 is 1.75 bits per heavy atom. The van der Waals surface area contributed by atoms with E-state index in [1.165, 1.54) is 0 Å². The third kappa shape index (κ3) is 4.55. The van der Waals surface area contributed by atoms with Gasteiger partial charge in [-0.1, -0.05) is 32.9 Å². The lowest BCUT2D eigenvalue weighted by Crippen LogP contribution is -2.45. The van der Waals surface area contributed by atoms with Crippen LogP contribution < -0.4 is 10.6 Å². The van der Waals surface area contributed by atoms with Gasteiger partial charge in [0.1, 0.15) is 0 Å². The van der Waals surface area contributed by atoms with E-state index >= 15 is 0 Å². The molecule has 1 rings (SSSR count). The Labute approximate surface area is 117 Å². The first-order valence-corrected chi connectivity index (χ1v) is 6.26. The van der Waals surface area contributed by atoms with Gasteiger partial charge in [-0.25, -0.2) is 9.59 Å². The third-order valence-corrected chi connectivity index (χ3v) is 2.79. The van der Waals surface area contributed by atoms with Gasteiger partial charge in [-0.05, 0) is 23.1 Å². The summed E-state index contributed by atoms with van der Waals surface area (Å²) in [5.41, 5.74) is 1.70. The van der Waals surface area contributed by atoms with Gasteiger partial charge in [-0.2, -0.15) is 0 Å². The lowest BCUT2D eigenvalue weighted by molar-refractivity contribution is -0.140. The number of urea groups is 1. The summed E-state index contributed by atoms with van der Waals surface area (Å²) in [6.07, 6.45) is 0. The van der Waals surface area contributed by atoms with Crippen LogP contribution in [0.4, 0.5) is 10.5 Å². The minimum atomic E-state index is -1.32. The number of amides is 2. The highest BCUT2D eigenvalue weighted by Gasteiger charge is 2.18. The predicted molar refractivity (Wildman–Crippen MR) is 75.8 cm³/mol. The number of carboxylic acids is 1. The fraction of sp³-hybridized carbons (Fsp3) is 0.429. The number of anilines is 1. The Morgan fingerprint density at radius 3 is 2.15 bits per heavy atom. The quantitative estimate of drug-likeness (QED) is 0.672. The van der Waals surface area contributed by atoms with E-state index in [2.05, 4.69) is 31.4 Å². The largest absolute Gasteiger partial charge is 0.480 e. The Hall–Kier alpha value is -2.08. The molecule has 6 nitrogen and oxygen atoms in total. The number of carboxylic acid groups (broad SMARTS) is 1. The van der Waals surface area contributed by atoms with E-state index in [4.69, 9.17) is 10.2 Å². The summed E-state index contributed by atoms with van der Waals surface area (Å²) < 4.78 is 0. The van der Waals surface area contributed by atoms with Crippen molar-refractivity contribution in [2.75, 3.05) is 11.9 Å². The molecule has 0 aromatic heterocycles. The molecule has 0 saturated heterocycles. The number of hydrogen-bond donors (Lipinski definition) is 4. The number of nitrogens with one attached hydrogen (secondary N) is 2. The van der Waals surface area contributed by atoms with E-state index < -0.39 is 24.6 Å². The Bertz CT molecular complexity index is 477. The number of benzene rings is 1. The molecule has 0 spiro atoms. The van der Waals surface area contributed by atoms with Crippen LogP contribution in [0.1, 0.15) is 26.3 Å². The molecule has 110 valence electrons. The van der Waals surface area contributed by atoms with Gasteiger partial charge in [0.15, 0.2) is 6.04 Å². The highest BCUT2D eigenvalue weighted by molar-refractivity contribution is 5.92.